The van der Waals surface area contributed by atoms with E-state index in [2.05, 4.69) is 47.0 Å². The highest BCUT2D eigenvalue weighted by Gasteiger charge is 2.45. The molecule has 2 aliphatic rings. The average molecular weight is 850 g/mol. The van der Waals surface area contributed by atoms with E-state index in [9.17, 15) is 32.8 Å². The standard InChI is InChI=1S/C49H37F2N3O5S2/c50-36-24-25-41(42(51)27-36)44(55)39-18-10-11-19-40(39)47(58)54-30-38(28-37(54)29-52-45(56)32-22-20-31(21-23-32)26-43-46(57)53-48(59)60-43)61-49(33-12-4-1-5-13-33,34-14-6-2-7-15-34)35-16-8-3-9-17-35/h1-27,37-38H,28-30H2,(H,52,56)(H,53,57,59)/b43-26+/t37?,38-/m1/s1. The second kappa shape index (κ2) is 17.9. The number of halogens is 2. The molecule has 61 heavy (non-hydrogen) atoms. The maximum absolute atomic E-state index is 14.9. The minimum absolute atomic E-state index is 0.0305. The first-order chi connectivity index (χ1) is 29.6. The third-order valence-electron chi connectivity index (χ3n) is 10.7. The van der Waals surface area contributed by atoms with Crippen LogP contribution in [0, 0.1) is 11.6 Å². The van der Waals surface area contributed by atoms with Crippen LogP contribution in [0.3, 0.4) is 0 Å². The molecule has 0 spiro atoms. The fourth-order valence-corrected chi connectivity index (χ4v) is 10.4. The van der Waals surface area contributed by atoms with Gasteiger partial charge in [0.1, 0.15) is 11.6 Å². The second-order valence-corrected chi connectivity index (χ2v) is 17.1. The molecule has 2 saturated heterocycles. The predicted molar refractivity (Wildman–Crippen MR) is 234 cm³/mol. The Kier molecular flexibility index (Phi) is 12.1. The summed E-state index contributed by atoms with van der Waals surface area (Å²) in [4.78, 5) is 67.9. The zero-order valence-electron chi connectivity index (χ0n) is 32.4. The molecule has 0 aliphatic carbocycles. The van der Waals surface area contributed by atoms with Crippen molar-refractivity contribution in [3.05, 3.63) is 219 Å². The number of rotatable bonds is 12. The van der Waals surface area contributed by atoms with E-state index in [1.807, 2.05) is 54.6 Å². The number of nitrogens with zero attached hydrogens (tertiary/aromatic N) is 1. The van der Waals surface area contributed by atoms with Crippen LogP contribution >= 0.6 is 23.5 Å². The summed E-state index contributed by atoms with van der Waals surface area (Å²) in [5.41, 5.74) is 3.77. The summed E-state index contributed by atoms with van der Waals surface area (Å²) >= 11 is 2.52. The molecule has 2 atom stereocenters. The van der Waals surface area contributed by atoms with E-state index in [0.717, 1.165) is 40.6 Å². The number of benzene rings is 6. The zero-order valence-corrected chi connectivity index (χ0v) is 34.1. The highest BCUT2D eigenvalue weighted by molar-refractivity contribution is 8.18. The van der Waals surface area contributed by atoms with Crippen LogP contribution in [-0.4, -0.2) is 58.0 Å². The molecule has 304 valence electrons. The van der Waals surface area contributed by atoms with Gasteiger partial charge in [-0.3, -0.25) is 29.3 Å². The number of hydrogen-bond donors (Lipinski definition) is 2. The summed E-state index contributed by atoms with van der Waals surface area (Å²) in [6.07, 6.45) is 2.04. The van der Waals surface area contributed by atoms with E-state index in [4.69, 9.17) is 0 Å². The Morgan fingerprint density at radius 3 is 1.87 bits per heavy atom. The Morgan fingerprint density at radius 1 is 0.738 bits per heavy atom. The predicted octanol–water partition coefficient (Wildman–Crippen LogP) is 9.26. The number of hydrogen-bond acceptors (Lipinski definition) is 7. The molecule has 0 radical (unpaired) electrons. The minimum Gasteiger partial charge on any atom is -0.350 e. The maximum atomic E-state index is 14.9. The molecule has 2 N–H and O–H groups in total. The molecule has 0 saturated carbocycles. The molecule has 2 aliphatic heterocycles. The highest BCUT2D eigenvalue weighted by atomic mass is 32.2. The van der Waals surface area contributed by atoms with Gasteiger partial charge in [-0.25, -0.2) is 8.78 Å². The lowest BCUT2D eigenvalue weighted by atomic mass is 9.84. The van der Waals surface area contributed by atoms with E-state index in [0.29, 0.717) is 23.6 Å². The van der Waals surface area contributed by atoms with Gasteiger partial charge < -0.3 is 10.2 Å². The Labute approximate surface area is 359 Å². The van der Waals surface area contributed by atoms with Crippen LogP contribution in [0.5, 0.6) is 0 Å². The van der Waals surface area contributed by atoms with Crippen molar-refractivity contribution in [3.63, 3.8) is 0 Å². The van der Waals surface area contributed by atoms with Crippen LogP contribution in [0.15, 0.2) is 163 Å². The van der Waals surface area contributed by atoms with Gasteiger partial charge in [-0.15, -0.1) is 11.8 Å². The molecule has 6 aromatic carbocycles. The molecular formula is C49H37F2N3O5S2. The fourth-order valence-electron chi connectivity index (χ4n) is 7.83. The van der Waals surface area contributed by atoms with E-state index < -0.39 is 45.3 Å². The normalized spacial score (nSPS) is 17.0. The van der Waals surface area contributed by atoms with Gasteiger partial charge in [0.2, 0.25) is 0 Å². The number of ketones is 1. The third-order valence-corrected chi connectivity index (χ3v) is 13.3. The van der Waals surface area contributed by atoms with Gasteiger partial charge in [0.15, 0.2) is 5.78 Å². The molecule has 2 fully saturated rings. The largest absolute Gasteiger partial charge is 0.350 e. The monoisotopic (exact) mass is 849 g/mol. The van der Waals surface area contributed by atoms with Crippen LogP contribution < -0.4 is 10.6 Å². The second-order valence-electron chi connectivity index (χ2n) is 14.5. The number of imide groups is 1. The molecule has 8 rings (SSSR count). The number of carbonyl (C=O) groups excluding carboxylic acids is 5. The molecule has 8 nitrogen and oxygen atoms in total. The Balaban J connectivity index is 1.13. The quantitative estimate of drug-likeness (QED) is 0.0718. The maximum Gasteiger partial charge on any atom is 0.290 e. The summed E-state index contributed by atoms with van der Waals surface area (Å²) in [5, 5.41) is 4.60. The van der Waals surface area contributed by atoms with Crippen molar-refractivity contribution in [2.75, 3.05) is 13.1 Å². The van der Waals surface area contributed by atoms with E-state index >= 15 is 0 Å². The van der Waals surface area contributed by atoms with Gasteiger partial charge >= 0.3 is 0 Å². The Bertz CT molecular complexity index is 2570. The van der Waals surface area contributed by atoms with Crippen LogP contribution in [0.1, 0.15) is 65.3 Å². The smallest absolute Gasteiger partial charge is 0.290 e. The molecule has 6 aromatic rings. The van der Waals surface area contributed by atoms with E-state index in [1.165, 1.54) is 12.1 Å². The number of thioether (sulfide) groups is 2. The topological polar surface area (TPSA) is 113 Å². The third kappa shape index (κ3) is 8.68. The number of likely N-dealkylation sites (tertiary alicyclic amines) is 1. The van der Waals surface area contributed by atoms with Crippen molar-refractivity contribution in [1.82, 2.24) is 15.5 Å². The first-order valence-corrected chi connectivity index (χ1v) is 21.2. The number of amides is 4. The molecule has 1 unspecified atom stereocenters. The van der Waals surface area contributed by atoms with Crippen molar-refractivity contribution in [1.29, 1.82) is 0 Å². The minimum atomic E-state index is -1.03. The summed E-state index contributed by atoms with van der Waals surface area (Å²) in [7, 11) is 0. The van der Waals surface area contributed by atoms with Gasteiger partial charge in [0.05, 0.1) is 26.8 Å². The van der Waals surface area contributed by atoms with Gasteiger partial charge in [-0.1, -0.05) is 121 Å². The summed E-state index contributed by atoms with van der Waals surface area (Å²) in [6.45, 7) is 0.327. The van der Waals surface area contributed by atoms with Gasteiger partial charge in [-0.2, -0.15) is 0 Å². The van der Waals surface area contributed by atoms with Crippen LogP contribution in [0.25, 0.3) is 6.08 Å². The summed E-state index contributed by atoms with van der Waals surface area (Å²) in [6, 6.07) is 45.5. The molecule has 0 aromatic heterocycles. The van der Waals surface area contributed by atoms with Gasteiger partial charge in [0.25, 0.3) is 23.0 Å². The van der Waals surface area contributed by atoms with Crippen LogP contribution in [-0.2, 0) is 9.54 Å². The van der Waals surface area contributed by atoms with Crippen LogP contribution in [0.4, 0.5) is 13.6 Å². The molecular weight excluding hydrogens is 813 g/mol. The number of nitrogens with one attached hydrogen (secondary N) is 2. The summed E-state index contributed by atoms with van der Waals surface area (Å²) in [5.74, 6) is -3.96. The number of carbonyl (C=O) groups is 5. The first kappa shape index (κ1) is 41.1. The Morgan fingerprint density at radius 2 is 1.31 bits per heavy atom. The van der Waals surface area contributed by atoms with Crippen molar-refractivity contribution in [3.8, 4) is 0 Å². The van der Waals surface area contributed by atoms with Gasteiger partial charge in [-0.05, 0) is 76.8 Å². The SMILES string of the molecule is O=C1NC(=O)/C(=C\c2ccc(C(=O)NCC3C[C@@H](SC(c4ccccc4)(c4ccccc4)c4ccccc4)CN3C(=O)c3ccccc3C(=O)c3ccc(F)cc3F)cc2)S1. The van der Waals surface area contributed by atoms with Crippen LogP contribution in [0.2, 0.25) is 0 Å². The first-order valence-electron chi connectivity index (χ1n) is 19.5. The lowest BCUT2D eigenvalue weighted by molar-refractivity contribution is -0.115. The molecule has 4 amide bonds. The van der Waals surface area contributed by atoms with Crippen molar-refractivity contribution < 1.29 is 32.8 Å². The average Bonchev–Trinajstić information content (AvgIpc) is 3.85. The van der Waals surface area contributed by atoms with Crippen molar-refractivity contribution in [2.45, 2.75) is 22.5 Å². The van der Waals surface area contributed by atoms with Gasteiger partial charge in [0, 0.05) is 35.5 Å². The highest BCUT2D eigenvalue weighted by Crippen LogP contribution is 2.52. The Hall–Kier alpha value is -6.63. The van der Waals surface area contributed by atoms with E-state index in [1.54, 1.807) is 59.1 Å². The van der Waals surface area contributed by atoms with E-state index in [-0.39, 0.29) is 45.8 Å². The lowest BCUT2D eigenvalue weighted by Gasteiger charge is -2.37. The lowest BCUT2D eigenvalue weighted by Crippen LogP contribution is -2.43. The fraction of sp³-hybridized carbons (Fsp3) is 0.122. The summed E-state index contributed by atoms with van der Waals surface area (Å²) < 4.78 is 28.1. The molecule has 12 heteroatoms. The molecule has 2 heterocycles. The van der Waals surface area contributed by atoms with Crippen molar-refractivity contribution >= 4 is 58.3 Å². The molecule has 0 bridgehead atoms. The zero-order chi connectivity index (χ0) is 42.5. The van der Waals surface area contributed by atoms with Crippen molar-refractivity contribution in [2.24, 2.45) is 0 Å².